The molecule has 0 aliphatic carbocycles. The number of nitriles is 1. The first-order valence-corrected chi connectivity index (χ1v) is 14.7. The van der Waals surface area contributed by atoms with Crippen molar-refractivity contribution in [2.24, 2.45) is 0 Å². The Labute approximate surface area is 242 Å². The number of likely N-dealkylation sites (tertiary alicyclic amines) is 1. The van der Waals surface area contributed by atoms with Crippen LogP contribution < -0.4 is 20.1 Å². The molecular weight excluding hydrogens is 596 g/mol. The Kier molecular flexibility index (Phi) is 9.02. The number of carbonyl (C=O) groups excluding carboxylic acids is 3. The molecule has 1 aliphatic heterocycles. The number of sulfone groups is 1. The van der Waals surface area contributed by atoms with Crippen LogP contribution >= 0.6 is 11.3 Å². The summed E-state index contributed by atoms with van der Waals surface area (Å²) in [6.45, 7) is -1.55. The number of hydrogen-bond donors (Lipinski definition) is 2. The first kappa shape index (κ1) is 30.3. The summed E-state index contributed by atoms with van der Waals surface area (Å²) in [7, 11) is -2.38. The van der Waals surface area contributed by atoms with Crippen molar-refractivity contribution in [1.82, 2.24) is 15.2 Å². The van der Waals surface area contributed by atoms with E-state index >= 15 is 0 Å². The van der Waals surface area contributed by atoms with Crippen molar-refractivity contribution in [2.45, 2.75) is 29.0 Å². The summed E-state index contributed by atoms with van der Waals surface area (Å²) in [6, 6.07) is 12.0. The van der Waals surface area contributed by atoms with E-state index in [1.165, 1.54) is 36.8 Å². The van der Waals surface area contributed by atoms with E-state index in [9.17, 15) is 31.6 Å². The van der Waals surface area contributed by atoms with Gasteiger partial charge in [0.25, 0.3) is 11.8 Å². The molecule has 4 rings (SSSR count). The SMILES string of the molecule is COc1ccc(OC(=O)Nc2ccc(S(=O)(=O)Cc3nc(C(=O)NCC(=O)N4CC(F)(F)C[C@H]4C#N)cs3)cc2)cc1. The van der Waals surface area contributed by atoms with E-state index in [1.807, 2.05) is 0 Å². The van der Waals surface area contributed by atoms with Gasteiger partial charge in [-0.25, -0.2) is 27.0 Å². The highest BCUT2D eigenvalue weighted by Crippen LogP contribution is 2.31. The second-order valence-corrected chi connectivity index (χ2v) is 11.9. The van der Waals surface area contributed by atoms with Crippen molar-refractivity contribution in [1.29, 1.82) is 5.26 Å². The summed E-state index contributed by atoms with van der Waals surface area (Å²) in [5.41, 5.74) is 0.130. The summed E-state index contributed by atoms with van der Waals surface area (Å²) in [5.74, 6) is -4.50. The van der Waals surface area contributed by atoms with Crippen LogP contribution in [0.2, 0.25) is 0 Å². The number of amides is 3. The number of nitrogens with zero attached hydrogens (tertiary/aromatic N) is 3. The lowest BCUT2D eigenvalue weighted by Crippen LogP contribution is -2.43. The predicted octanol–water partition coefficient (Wildman–Crippen LogP) is 3.23. The molecule has 1 atom stereocenters. The average molecular weight is 620 g/mol. The van der Waals surface area contributed by atoms with Crippen LogP contribution in [0.5, 0.6) is 11.5 Å². The fourth-order valence-electron chi connectivity index (χ4n) is 3.91. The molecule has 1 saturated heterocycles. The number of rotatable bonds is 9. The minimum absolute atomic E-state index is 0.0576. The summed E-state index contributed by atoms with van der Waals surface area (Å²) < 4.78 is 63.1. The molecule has 0 spiro atoms. The van der Waals surface area contributed by atoms with Gasteiger partial charge in [0, 0.05) is 17.5 Å². The Balaban J connectivity index is 1.30. The molecule has 0 bridgehead atoms. The van der Waals surface area contributed by atoms with Gasteiger partial charge in [0.1, 0.15) is 34.0 Å². The van der Waals surface area contributed by atoms with Gasteiger partial charge in [-0.3, -0.25) is 14.9 Å². The van der Waals surface area contributed by atoms with Crippen molar-refractivity contribution in [3.05, 3.63) is 64.6 Å². The van der Waals surface area contributed by atoms with Crippen molar-refractivity contribution in [2.75, 3.05) is 25.5 Å². The minimum atomic E-state index is -3.89. The van der Waals surface area contributed by atoms with E-state index in [0.717, 1.165) is 11.3 Å². The number of aromatic nitrogens is 1. The van der Waals surface area contributed by atoms with Gasteiger partial charge in [0.15, 0.2) is 9.84 Å². The first-order valence-electron chi connectivity index (χ1n) is 12.1. The zero-order valence-electron chi connectivity index (χ0n) is 21.9. The Morgan fingerprint density at radius 2 is 1.81 bits per heavy atom. The molecule has 42 heavy (non-hydrogen) atoms. The number of anilines is 1. The third-order valence-electron chi connectivity index (χ3n) is 5.97. The quantitative estimate of drug-likeness (QED) is 0.365. The Morgan fingerprint density at radius 1 is 1.14 bits per heavy atom. The number of carbonyl (C=O) groups is 3. The molecule has 1 aliphatic rings. The van der Waals surface area contributed by atoms with E-state index in [1.54, 1.807) is 30.3 Å². The van der Waals surface area contributed by atoms with E-state index in [-0.39, 0.29) is 27.0 Å². The third kappa shape index (κ3) is 7.56. The fourth-order valence-corrected chi connectivity index (χ4v) is 6.31. The van der Waals surface area contributed by atoms with E-state index < -0.39 is 65.0 Å². The Hall–Kier alpha value is -4.62. The number of thiazole rings is 1. The van der Waals surface area contributed by atoms with Crippen molar-refractivity contribution >= 4 is 44.8 Å². The van der Waals surface area contributed by atoms with Crippen LogP contribution in [0.1, 0.15) is 21.9 Å². The molecular formula is C26H23F2N5O7S2. The zero-order chi connectivity index (χ0) is 30.5. The van der Waals surface area contributed by atoms with Crippen LogP contribution in [-0.4, -0.2) is 68.4 Å². The van der Waals surface area contributed by atoms with Gasteiger partial charge in [0.2, 0.25) is 5.91 Å². The molecule has 1 fully saturated rings. The van der Waals surface area contributed by atoms with E-state index in [0.29, 0.717) is 10.6 Å². The minimum Gasteiger partial charge on any atom is -0.497 e. The molecule has 1 aromatic heterocycles. The van der Waals surface area contributed by atoms with E-state index in [2.05, 4.69) is 15.6 Å². The Bertz CT molecular complexity index is 1620. The highest BCUT2D eigenvalue weighted by Gasteiger charge is 2.47. The van der Waals surface area contributed by atoms with Gasteiger partial charge in [-0.1, -0.05) is 0 Å². The van der Waals surface area contributed by atoms with Gasteiger partial charge < -0.3 is 19.7 Å². The monoisotopic (exact) mass is 619 g/mol. The van der Waals surface area contributed by atoms with Gasteiger partial charge in [-0.15, -0.1) is 11.3 Å². The van der Waals surface area contributed by atoms with Crippen LogP contribution in [0, 0.1) is 11.3 Å². The molecule has 3 amide bonds. The molecule has 2 N–H and O–H groups in total. The lowest BCUT2D eigenvalue weighted by molar-refractivity contribution is -0.131. The number of methoxy groups -OCH3 is 1. The molecule has 220 valence electrons. The molecule has 16 heteroatoms. The van der Waals surface area contributed by atoms with Gasteiger partial charge in [-0.05, 0) is 48.5 Å². The van der Waals surface area contributed by atoms with Crippen molar-refractivity contribution < 1.29 is 41.1 Å². The molecule has 0 unspecified atom stereocenters. The molecule has 2 aromatic carbocycles. The predicted molar refractivity (Wildman–Crippen MR) is 145 cm³/mol. The summed E-state index contributed by atoms with van der Waals surface area (Å²) in [6.07, 6.45) is -1.56. The summed E-state index contributed by atoms with van der Waals surface area (Å²) >= 11 is 0.907. The van der Waals surface area contributed by atoms with Crippen LogP contribution in [0.25, 0.3) is 0 Å². The van der Waals surface area contributed by atoms with Crippen molar-refractivity contribution in [3.63, 3.8) is 0 Å². The van der Waals surface area contributed by atoms with Crippen LogP contribution in [0.3, 0.4) is 0 Å². The number of nitrogens with one attached hydrogen (secondary N) is 2. The van der Waals surface area contributed by atoms with Crippen molar-refractivity contribution in [3.8, 4) is 17.6 Å². The largest absolute Gasteiger partial charge is 0.497 e. The average Bonchev–Trinajstić information content (AvgIpc) is 3.55. The number of benzene rings is 2. The standard InChI is InChI=1S/C26H23F2N5O7S2/c1-39-18-4-6-19(7-5-18)40-25(36)31-16-2-8-20(9-3-16)42(37,38)14-22-32-21(13-41-22)24(35)30-12-23(34)33-15-26(27,28)10-17(33)11-29/h2-9,13,17H,10,12,14-15H2,1H3,(H,30,35)(H,31,36)/t17-/m0/s1. The summed E-state index contributed by atoms with van der Waals surface area (Å²) in [5, 5.41) is 15.2. The maximum Gasteiger partial charge on any atom is 0.417 e. The van der Waals surface area contributed by atoms with Crippen LogP contribution in [-0.2, 0) is 20.4 Å². The molecule has 3 aromatic rings. The highest BCUT2D eigenvalue weighted by molar-refractivity contribution is 7.90. The highest BCUT2D eigenvalue weighted by atomic mass is 32.2. The fraction of sp³-hybridized carbons (Fsp3) is 0.269. The lowest BCUT2D eigenvalue weighted by atomic mass is 10.2. The third-order valence-corrected chi connectivity index (χ3v) is 8.64. The maximum atomic E-state index is 13.6. The first-order chi connectivity index (χ1) is 19.9. The number of halogens is 2. The molecule has 0 radical (unpaired) electrons. The summed E-state index contributed by atoms with van der Waals surface area (Å²) in [4.78, 5) is 41.5. The smallest absolute Gasteiger partial charge is 0.417 e. The lowest BCUT2D eigenvalue weighted by Gasteiger charge is -2.19. The van der Waals surface area contributed by atoms with E-state index in [4.69, 9.17) is 14.7 Å². The van der Waals surface area contributed by atoms with Gasteiger partial charge in [0.05, 0.1) is 31.2 Å². The number of ether oxygens (including phenoxy) is 2. The second kappa shape index (κ2) is 12.5. The van der Waals surface area contributed by atoms with Gasteiger partial charge in [-0.2, -0.15) is 5.26 Å². The Morgan fingerprint density at radius 3 is 2.45 bits per heavy atom. The molecule has 0 saturated carbocycles. The maximum absolute atomic E-state index is 13.6. The molecule has 2 heterocycles. The number of alkyl halides is 2. The van der Waals surface area contributed by atoms with Crippen LogP contribution in [0.15, 0.2) is 58.8 Å². The number of hydrogen-bond acceptors (Lipinski definition) is 10. The second-order valence-electron chi connectivity index (χ2n) is 9.01. The van der Waals surface area contributed by atoms with Gasteiger partial charge >= 0.3 is 6.09 Å². The molecule has 12 nitrogen and oxygen atoms in total. The normalized spacial score (nSPS) is 15.9. The topological polar surface area (TPSA) is 168 Å². The van der Waals surface area contributed by atoms with Crippen LogP contribution in [0.4, 0.5) is 19.3 Å². The zero-order valence-corrected chi connectivity index (χ0v) is 23.5.